The van der Waals surface area contributed by atoms with E-state index in [1.54, 1.807) is 6.33 Å². The summed E-state index contributed by atoms with van der Waals surface area (Å²) in [6.07, 6.45) is 9.08. The van der Waals surface area contributed by atoms with Crippen molar-refractivity contribution in [2.24, 2.45) is 0 Å². The van der Waals surface area contributed by atoms with Crippen LogP contribution in [0.15, 0.2) is 12.4 Å². The summed E-state index contributed by atoms with van der Waals surface area (Å²) in [6.45, 7) is 3.28. The molecule has 0 bridgehead atoms. The van der Waals surface area contributed by atoms with Crippen molar-refractivity contribution in [1.29, 1.82) is 0 Å². The summed E-state index contributed by atoms with van der Waals surface area (Å²) in [5.74, 6) is 2.03. The van der Waals surface area contributed by atoms with Gasteiger partial charge >= 0.3 is 0 Å². The van der Waals surface area contributed by atoms with Gasteiger partial charge in [-0.3, -0.25) is 0 Å². The zero-order valence-electron chi connectivity index (χ0n) is 10.9. The molecule has 0 spiro atoms. The van der Waals surface area contributed by atoms with Gasteiger partial charge in [-0.25, -0.2) is 9.97 Å². The summed E-state index contributed by atoms with van der Waals surface area (Å²) in [5.41, 5.74) is 0. The maximum Gasteiger partial charge on any atom is 0.134 e. The number of nitrogens with zero attached hydrogens (tertiary/aromatic N) is 3. The monoisotopic (exact) mass is 264 g/mol. The molecule has 2 fully saturated rings. The molecule has 0 radical (unpaired) electrons. The Balaban J connectivity index is 1.63. The average molecular weight is 264 g/mol. The van der Waals surface area contributed by atoms with Gasteiger partial charge in [-0.2, -0.15) is 11.8 Å². The average Bonchev–Trinajstić information content (AvgIpc) is 2.99. The number of anilines is 2. The highest BCUT2D eigenvalue weighted by Gasteiger charge is 2.41. The van der Waals surface area contributed by atoms with Crippen molar-refractivity contribution >= 4 is 23.4 Å². The Bertz CT molecular complexity index is 413. The van der Waals surface area contributed by atoms with Crippen LogP contribution in [0.1, 0.15) is 25.7 Å². The van der Waals surface area contributed by atoms with E-state index >= 15 is 0 Å². The van der Waals surface area contributed by atoms with Crippen molar-refractivity contribution in [2.75, 3.05) is 36.1 Å². The minimum Gasteiger partial charge on any atom is -0.369 e. The molecule has 98 valence electrons. The van der Waals surface area contributed by atoms with Crippen LogP contribution in [0.4, 0.5) is 11.6 Å². The lowest BCUT2D eigenvalue weighted by atomic mass is 10.4. The summed E-state index contributed by atoms with van der Waals surface area (Å²) < 4.78 is 0.471. The Morgan fingerprint density at radius 3 is 2.78 bits per heavy atom. The first kappa shape index (κ1) is 12.1. The summed E-state index contributed by atoms with van der Waals surface area (Å²) in [5, 5.41) is 3.46. The van der Waals surface area contributed by atoms with E-state index in [4.69, 9.17) is 0 Å². The largest absolute Gasteiger partial charge is 0.369 e. The van der Waals surface area contributed by atoms with Crippen molar-refractivity contribution in [3.8, 4) is 0 Å². The van der Waals surface area contributed by atoms with Crippen molar-refractivity contribution in [3.05, 3.63) is 12.4 Å². The van der Waals surface area contributed by atoms with Gasteiger partial charge in [0.05, 0.1) is 0 Å². The summed E-state index contributed by atoms with van der Waals surface area (Å²) >= 11 is 1.97. The standard InChI is InChI=1S/C13H20N4S/c1-18-13(4-5-13)9-14-11-8-12(16-10-15-11)17-6-2-3-7-17/h8,10H,2-7,9H2,1H3,(H,14,15,16). The quantitative estimate of drug-likeness (QED) is 0.884. The third kappa shape index (κ3) is 2.55. The molecule has 1 aliphatic carbocycles. The number of rotatable bonds is 5. The zero-order chi connectivity index (χ0) is 12.4. The lowest BCUT2D eigenvalue weighted by Crippen LogP contribution is -2.21. The second-order valence-corrected chi connectivity index (χ2v) is 6.47. The fourth-order valence-corrected chi connectivity index (χ4v) is 3.13. The van der Waals surface area contributed by atoms with Crippen LogP contribution in [-0.2, 0) is 0 Å². The van der Waals surface area contributed by atoms with Gasteiger partial charge in [0.1, 0.15) is 18.0 Å². The van der Waals surface area contributed by atoms with Crippen LogP contribution >= 0.6 is 11.8 Å². The van der Waals surface area contributed by atoms with Crippen molar-refractivity contribution in [1.82, 2.24) is 9.97 Å². The molecule has 1 aliphatic heterocycles. The Morgan fingerprint density at radius 2 is 2.11 bits per heavy atom. The van der Waals surface area contributed by atoms with E-state index in [-0.39, 0.29) is 0 Å². The van der Waals surface area contributed by atoms with E-state index < -0.39 is 0 Å². The van der Waals surface area contributed by atoms with Gasteiger partial charge in [-0.15, -0.1) is 0 Å². The normalized spacial score (nSPS) is 21.1. The molecule has 4 nitrogen and oxygen atoms in total. The Labute approximate surface area is 113 Å². The van der Waals surface area contributed by atoms with Gasteiger partial charge in [-0.05, 0) is 31.9 Å². The third-order valence-corrected chi connectivity index (χ3v) is 5.33. The first-order valence-corrected chi connectivity index (χ1v) is 7.90. The van der Waals surface area contributed by atoms with E-state index in [2.05, 4.69) is 32.5 Å². The molecule has 1 aromatic heterocycles. The number of thioether (sulfide) groups is 1. The van der Waals surface area contributed by atoms with Crippen LogP contribution in [0.5, 0.6) is 0 Å². The van der Waals surface area contributed by atoms with Gasteiger partial charge in [0.2, 0.25) is 0 Å². The molecule has 2 heterocycles. The zero-order valence-corrected chi connectivity index (χ0v) is 11.7. The molecule has 1 saturated heterocycles. The molecule has 0 atom stereocenters. The van der Waals surface area contributed by atoms with E-state index in [0.29, 0.717) is 4.75 Å². The van der Waals surface area contributed by atoms with Crippen molar-refractivity contribution < 1.29 is 0 Å². The van der Waals surface area contributed by atoms with Gasteiger partial charge in [0.25, 0.3) is 0 Å². The minimum atomic E-state index is 0.471. The van der Waals surface area contributed by atoms with E-state index in [9.17, 15) is 0 Å². The predicted molar refractivity (Wildman–Crippen MR) is 77.4 cm³/mol. The van der Waals surface area contributed by atoms with Gasteiger partial charge in [0, 0.05) is 30.4 Å². The first-order chi connectivity index (χ1) is 8.81. The van der Waals surface area contributed by atoms with Crippen LogP contribution in [0.2, 0.25) is 0 Å². The summed E-state index contributed by atoms with van der Waals surface area (Å²) in [7, 11) is 0. The number of aromatic nitrogens is 2. The molecule has 5 heteroatoms. The topological polar surface area (TPSA) is 41.0 Å². The molecule has 2 aliphatic rings. The van der Waals surface area contributed by atoms with Gasteiger partial charge in [0.15, 0.2) is 0 Å². The number of hydrogen-bond donors (Lipinski definition) is 1. The molecule has 0 unspecified atom stereocenters. The fourth-order valence-electron chi connectivity index (χ4n) is 2.41. The second kappa shape index (κ2) is 4.96. The van der Waals surface area contributed by atoms with Crippen LogP contribution in [0.25, 0.3) is 0 Å². The molecule has 1 saturated carbocycles. The first-order valence-electron chi connectivity index (χ1n) is 6.67. The molecular weight excluding hydrogens is 244 g/mol. The van der Waals surface area contributed by atoms with E-state index in [0.717, 1.165) is 31.3 Å². The van der Waals surface area contributed by atoms with E-state index in [1.807, 2.05) is 11.8 Å². The van der Waals surface area contributed by atoms with Crippen LogP contribution in [0, 0.1) is 0 Å². The predicted octanol–water partition coefficient (Wildman–Crippen LogP) is 2.38. The molecule has 0 amide bonds. The highest BCUT2D eigenvalue weighted by molar-refractivity contribution is 8.00. The second-order valence-electron chi connectivity index (χ2n) is 5.20. The Morgan fingerprint density at radius 1 is 1.33 bits per heavy atom. The highest BCUT2D eigenvalue weighted by Crippen LogP contribution is 2.46. The maximum atomic E-state index is 4.37. The Kier molecular flexibility index (Phi) is 3.33. The van der Waals surface area contributed by atoms with Crippen molar-refractivity contribution in [2.45, 2.75) is 30.4 Å². The maximum absolute atomic E-state index is 4.37. The SMILES string of the molecule is CSC1(CNc2cc(N3CCCC3)ncn2)CC1. The van der Waals surface area contributed by atoms with E-state index in [1.165, 1.54) is 25.7 Å². The highest BCUT2D eigenvalue weighted by atomic mass is 32.2. The summed E-state index contributed by atoms with van der Waals surface area (Å²) in [6, 6.07) is 2.09. The van der Waals surface area contributed by atoms with Crippen LogP contribution in [-0.4, -0.2) is 40.6 Å². The van der Waals surface area contributed by atoms with Crippen LogP contribution < -0.4 is 10.2 Å². The Hall–Kier alpha value is -0.970. The molecular formula is C13H20N4S. The lowest BCUT2D eigenvalue weighted by Gasteiger charge is -2.18. The third-order valence-electron chi connectivity index (χ3n) is 3.92. The summed E-state index contributed by atoms with van der Waals surface area (Å²) in [4.78, 5) is 11.0. The number of hydrogen-bond acceptors (Lipinski definition) is 5. The van der Waals surface area contributed by atoms with Crippen LogP contribution in [0.3, 0.4) is 0 Å². The van der Waals surface area contributed by atoms with Crippen molar-refractivity contribution in [3.63, 3.8) is 0 Å². The molecule has 1 aromatic rings. The molecule has 18 heavy (non-hydrogen) atoms. The van der Waals surface area contributed by atoms with Gasteiger partial charge < -0.3 is 10.2 Å². The lowest BCUT2D eigenvalue weighted by molar-refractivity contribution is 0.912. The van der Waals surface area contributed by atoms with Gasteiger partial charge in [-0.1, -0.05) is 0 Å². The molecule has 1 N–H and O–H groups in total. The molecule has 0 aromatic carbocycles. The minimum absolute atomic E-state index is 0.471. The number of nitrogens with one attached hydrogen (secondary N) is 1. The fraction of sp³-hybridized carbons (Fsp3) is 0.692. The smallest absolute Gasteiger partial charge is 0.134 e. The molecule has 3 rings (SSSR count).